The van der Waals surface area contributed by atoms with Crippen molar-refractivity contribution in [2.45, 2.75) is 0 Å². The van der Waals surface area contributed by atoms with Crippen molar-refractivity contribution in [1.82, 2.24) is 0 Å². The second-order valence-electron chi connectivity index (χ2n) is 2.10. The quantitative estimate of drug-likeness (QED) is 0.797. The van der Waals surface area contributed by atoms with Crippen LogP contribution in [0.4, 0.5) is 15.8 Å². The average Bonchev–Trinajstić information content (AvgIpc) is 2.09. The monoisotopic (exact) mass is 232 g/mol. The molecule has 0 spiro atoms. The lowest BCUT2D eigenvalue weighted by atomic mass is 10.2. The lowest BCUT2D eigenvalue weighted by Crippen LogP contribution is -1.91. The maximum absolute atomic E-state index is 12.9. The van der Waals surface area contributed by atoms with Gasteiger partial charge in [-0.1, -0.05) is 0 Å². The summed E-state index contributed by atoms with van der Waals surface area (Å²) in [6.07, 6.45) is 0. The van der Waals surface area contributed by atoms with E-state index in [4.69, 9.17) is 0 Å². The van der Waals surface area contributed by atoms with Gasteiger partial charge in [-0.2, -0.15) is 0 Å². The van der Waals surface area contributed by atoms with Crippen LogP contribution in [0.3, 0.4) is 0 Å². The summed E-state index contributed by atoms with van der Waals surface area (Å²) in [6.45, 7) is 0. The molecule has 3 nitrogen and oxygen atoms in total. The first kappa shape index (κ1) is 9.12. The van der Waals surface area contributed by atoms with Crippen molar-refractivity contribution in [3.63, 3.8) is 0 Å². The molecule has 1 rings (SSSR count). The lowest BCUT2D eigenvalue weighted by molar-refractivity contribution is 0.622. The third-order valence-corrected chi connectivity index (χ3v) is 2.20. The third kappa shape index (κ3) is 1.45. The summed E-state index contributed by atoms with van der Waals surface area (Å²) in [4.78, 5) is 10.2. The van der Waals surface area contributed by atoms with Crippen molar-refractivity contribution in [3.05, 3.63) is 27.3 Å². The first-order chi connectivity index (χ1) is 5.70. The summed E-state index contributed by atoms with van der Waals surface area (Å²) >= 11 is 3.00. The average molecular weight is 233 g/mol. The van der Waals surface area contributed by atoms with E-state index in [0.717, 1.165) is 0 Å². The van der Waals surface area contributed by atoms with E-state index in [2.05, 4.69) is 26.4 Å². The van der Waals surface area contributed by atoms with Crippen LogP contribution in [0.25, 0.3) is 0 Å². The van der Waals surface area contributed by atoms with Gasteiger partial charge in [-0.15, -0.1) is 4.91 Å². The Kier molecular flexibility index (Phi) is 2.75. The van der Waals surface area contributed by atoms with Gasteiger partial charge in [0, 0.05) is 7.05 Å². The molecule has 0 saturated carbocycles. The standard InChI is InChI=1S/C7H6BrFN2O/c1-10-7-5(11-12)3-2-4(9)6(7)8/h2-3,10H,1H3. The molecule has 1 aromatic rings. The smallest absolute Gasteiger partial charge is 0.139 e. The van der Waals surface area contributed by atoms with Gasteiger partial charge in [0.15, 0.2) is 0 Å². The summed E-state index contributed by atoms with van der Waals surface area (Å²) in [5.41, 5.74) is 0.552. The fourth-order valence-electron chi connectivity index (χ4n) is 0.854. The molecule has 0 amide bonds. The summed E-state index contributed by atoms with van der Waals surface area (Å²) in [7, 11) is 1.59. The Bertz CT molecular complexity index is 317. The fraction of sp³-hybridized carbons (Fsp3) is 0.143. The molecule has 0 aromatic heterocycles. The van der Waals surface area contributed by atoms with Crippen LogP contribution in [0.2, 0.25) is 0 Å². The zero-order valence-electron chi connectivity index (χ0n) is 6.27. The van der Waals surface area contributed by atoms with Crippen LogP contribution in [0.1, 0.15) is 0 Å². The lowest BCUT2D eigenvalue weighted by Gasteiger charge is -2.05. The molecule has 1 aromatic carbocycles. The highest BCUT2D eigenvalue weighted by molar-refractivity contribution is 9.10. The van der Waals surface area contributed by atoms with Gasteiger partial charge in [0.2, 0.25) is 0 Å². The van der Waals surface area contributed by atoms with Crippen LogP contribution in [0.15, 0.2) is 21.8 Å². The topological polar surface area (TPSA) is 41.5 Å². The maximum Gasteiger partial charge on any atom is 0.139 e. The highest BCUT2D eigenvalue weighted by Gasteiger charge is 2.09. The van der Waals surface area contributed by atoms with Crippen LogP contribution >= 0.6 is 15.9 Å². The van der Waals surface area contributed by atoms with Crippen molar-refractivity contribution in [1.29, 1.82) is 0 Å². The van der Waals surface area contributed by atoms with E-state index in [1.807, 2.05) is 0 Å². The molecule has 0 aliphatic carbocycles. The fourth-order valence-corrected chi connectivity index (χ4v) is 1.39. The normalized spacial score (nSPS) is 9.58. The van der Waals surface area contributed by atoms with E-state index < -0.39 is 5.82 Å². The van der Waals surface area contributed by atoms with Crippen molar-refractivity contribution in [3.8, 4) is 0 Å². The number of halogens is 2. The first-order valence-electron chi connectivity index (χ1n) is 3.19. The summed E-state index contributed by atoms with van der Waals surface area (Å²) in [5, 5.41) is 5.41. The summed E-state index contributed by atoms with van der Waals surface area (Å²) in [6, 6.07) is 2.50. The third-order valence-electron chi connectivity index (χ3n) is 1.42. The van der Waals surface area contributed by atoms with Crippen molar-refractivity contribution in [2.75, 3.05) is 12.4 Å². The first-order valence-corrected chi connectivity index (χ1v) is 3.99. The van der Waals surface area contributed by atoms with E-state index >= 15 is 0 Å². The predicted octanol–water partition coefficient (Wildman–Crippen LogP) is 3.03. The van der Waals surface area contributed by atoms with E-state index in [0.29, 0.717) is 5.69 Å². The minimum Gasteiger partial charge on any atom is -0.385 e. The molecule has 0 radical (unpaired) electrons. The summed E-state index contributed by atoms with van der Waals surface area (Å²) < 4.78 is 13.1. The van der Waals surface area contributed by atoms with Gasteiger partial charge in [-0.3, -0.25) is 0 Å². The molecule has 0 unspecified atom stereocenters. The Morgan fingerprint density at radius 1 is 1.58 bits per heavy atom. The number of nitrogens with zero attached hydrogens (tertiary/aromatic N) is 1. The Morgan fingerprint density at radius 2 is 2.25 bits per heavy atom. The number of anilines is 1. The SMILES string of the molecule is CNc1c(N=O)ccc(F)c1Br. The predicted molar refractivity (Wildman–Crippen MR) is 49.1 cm³/mol. The Hall–Kier alpha value is -0.970. The van der Waals surface area contributed by atoms with Crippen LogP contribution in [0, 0.1) is 10.7 Å². The van der Waals surface area contributed by atoms with Crippen molar-refractivity contribution in [2.24, 2.45) is 5.18 Å². The van der Waals surface area contributed by atoms with Gasteiger partial charge in [0.1, 0.15) is 11.5 Å². The number of hydrogen-bond acceptors (Lipinski definition) is 3. The van der Waals surface area contributed by atoms with E-state index in [1.165, 1.54) is 12.1 Å². The molecule has 0 aliphatic rings. The Balaban J connectivity index is 3.35. The number of nitroso groups, excluding NO2 is 1. The minimum atomic E-state index is -0.424. The summed E-state index contributed by atoms with van der Waals surface area (Å²) in [5.74, 6) is -0.424. The van der Waals surface area contributed by atoms with Gasteiger partial charge in [0.05, 0.1) is 10.2 Å². The molecular weight excluding hydrogens is 227 g/mol. The number of rotatable bonds is 2. The molecule has 0 atom stereocenters. The molecule has 0 heterocycles. The molecule has 5 heteroatoms. The molecule has 0 saturated heterocycles. The number of benzene rings is 1. The highest BCUT2D eigenvalue weighted by atomic mass is 79.9. The zero-order chi connectivity index (χ0) is 9.14. The number of hydrogen-bond donors (Lipinski definition) is 1. The van der Waals surface area contributed by atoms with E-state index in [1.54, 1.807) is 7.05 Å². The largest absolute Gasteiger partial charge is 0.385 e. The molecular formula is C7H6BrFN2O. The van der Waals surface area contributed by atoms with E-state index in [-0.39, 0.29) is 10.2 Å². The van der Waals surface area contributed by atoms with Crippen LogP contribution < -0.4 is 5.32 Å². The van der Waals surface area contributed by atoms with Gasteiger partial charge < -0.3 is 5.32 Å². The Morgan fingerprint density at radius 3 is 2.75 bits per heavy atom. The number of nitrogens with one attached hydrogen (secondary N) is 1. The van der Waals surface area contributed by atoms with Crippen molar-refractivity contribution < 1.29 is 4.39 Å². The minimum absolute atomic E-state index is 0.186. The molecule has 64 valence electrons. The molecule has 12 heavy (non-hydrogen) atoms. The molecule has 1 N–H and O–H groups in total. The molecule has 0 aliphatic heterocycles. The van der Waals surface area contributed by atoms with E-state index in [9.17, 15) is 9.30 Å². The second-order valence-corrected chi connectivity index (χ2v) is 2.89. The highest BCUT2D eigenvalue weighted by Crippen LogP contribution is 2.34. The molecule has 0 fully saturated rings. The van der Waals surface area contributed by atoms with Crippen LogP contribution in [-0.2, 0) is 0 Å². The van der Waals surface area contributed by atoms with Gasteiger partial charge >= 0.3 is 0 Å². The van der Waals surface area contributed by atoms with Crippen LogP contribution in [-0.4, -0.2) is 7.05 Å². The van der Waals surface area contributed by atoms with Crippen LogP contribution in [0.5, 0.6) is 0 Å². The van der Waals surface area contributed by atoms with Gasteiger partial charge in [-0.25, -0.2) is 4.39 Å². The van der Waals surface area contributed by atoms with Crippen molar-refractivity contribution >= 4 is 27.3 Å². The zero-order valence-corrected chi connectivity index (χ0v) is 7.85. The Labute approximate surface area is 77.1 Å². The van der Waals surface area contributed by atoms with Gasteiger partial charge in [0.25, 0.3) is 0 Å². The van der Waals surface area contributed by atoms with Gasteiger partial charge in [-0.05, 0) is 33.2 Å². The maximum atomic E-state index is 12.9. The molecule has 0 bridgehead atoms. The second kappa shape index (κ2) is 3.62.